The highest BCUT2D eigenvalue weighted by Crippen LogP contribution is 2.13. The van der Waals surface area contributed by atoms with Gasteiger partial charge in [0.25, 0.3) is 0 Å². The molecular formula is C13H20N6. The number of anilines is 2. The number of nitrogens with one attached hydrogen (secondary N) is 2. The number of hydrogen-bond acceptors (Lipinski definition) is 5. The fourth-order valence-electron chi connectivity index (χ4n) is 1.84. The normalized spacial score (nSPS) is 12.2. The Kier molecular flexibility index (Phi) is 4.35. The number of nitrogens with zero attached hydrogens (tertiary/aromatic N) is 3. The molecule has 102 valence electrons. The molecule has 6 nitrogen and oxygen atoms in total. The molecule has 0 saturated carbocycles. The van der Waals surface area contributed by atoms with Crippen LogP contribution in [-0.4, -0.2) is 34.6 Å². The van der Waals surface area contributed by atoms with Gasteiger partial charge in [-0.15, -0.1) is 0 Å². The highest BCUT2D eigenvalue weighted by Gasteiger charge is 2.06. The SMILES string of the molecule is CC(N)CN(C)c1cc(NCc2ccc[nH]2)ncn1. The maximum Gasteiger partial charge on any atom is 0.133 e. The van der Waals surface area contributed by atoms with Gasteiger partial charge in [0.05, 0.1) is 6.54 Å². The van der Waals surface area contributed by atoms with E-state index in [9.17, 15) is 0 Å². The van der Waals surface area contributed by atoms with E-state index in [1.54, 1.807) is 6.33 Å². The molecular weight excluding hydrogens is 240 g/mol. The second-order valence-electron chi connectivity index (χ2n) is 4.67. The Hall–Kier alpha value is -2.08. The van der Waals surface area contributed by atoms with Crippen LogP contribution < -0.4 is 16.0 Å². The zero-order valence-electron chi connectivity index (χ0n) is 11.3. The molecule has 1 atom stereocenters. The summed E-state index contributed by atoms with van der Waals surface area (Å²) >= 11 is 0. The van der Waals surface area contributed by atoms with Gasteiger partial charge >= 0.3 is 0 Å². The second-order valence-corrected chi connectivity index (χ2v) is 4.67. The van der Waals surface area contributed by atoms with Gasteiger partial charge in [0.1, 0.15) is 18.0 Å². The summed E-state index contributed by atoms with van der Waals surface area (Å²) in [4.78, 5) is 13.6. The molecule has 6 heteroatoms. The Labute approximate surface area is 113 Å². The van der Waals surface area contributed by atoms with Crippen LogP contribution in [0.25, 0.3) is 0 Å². The molecule has 0 saturated heterocycles. The summed E-state index contributed by atoms with van der Waals surface area (Å²) in [5.74, 6) is 1.66. The molecule has 0 aliphatic heterocycles. The number of aromatic amines is 1. The summed E-state index contributed by atoms with van der Waals surface area (Å²) < 4.78 is 0. The topological polar surface area (TPSA) is 82.9 Å². The third-order valence-corrected chi connectivity index (χ3v) is 2.73. The maximum atomic E-state index is 5.79. The molecule has 0 fully saturated rings. The lowest BCUT2D eigenvalue weighted by molar-refractivity contribution is 0.711. The average Bonchev–Trinajstić information content (AvgIpc) is 2.89. The van der Waals surface area contributed by atoms with Gasteiger partial charge in [-0.05, 0) is 19.1 Å². The van der Waals surface area contributed by atoms with Gasteiger partial charge in [0, 0.05) is 37.6 Å². The van der Waals surface area contributed by atoms with Gasteiger partial charge in [-0.2, -0.15) is 0 Å². The van der Waals surface area contributed by atoms with E-state index in [0.29, 0.717) is 6.54 Å². The Morgan fingerprint density at radius 3 is 3.00 bits per heavy atom. The number of aromatic nitrogens is 3. The number of nitrogens with two attached hydrogens (primary N) is 1. The summed E-state index contributed by atoms with van der Waals surface area (Å²) in [7, 11) is 1.97. The van der Waals surface area contributed by atoms with Crippen LogP contribution in [0.5, 0.6) is 0 Å². The lowest BCUT2D eigenvalue weighted by Gasteiger charge is -2.20. The van der Waals surface area contributed by atoms with Crippen molar-refractivity contribution in [2.24, 2.45) is 5.73 Å². The Morgan fingerprint density at radius 1 is 1.47 bits per heavy atom. The minimum Gasteiger partial charge on any atom is -0.364 e. The van der Waals surface area contributed by atoms with Crippen LogP contribution in [0.15, 0.2) is 30.7 Å². The molecule has 0 spiro atoms. The first kappa shape index (κ1) is 13.4. The standard InChI is InChI=1S/C13H20N6/c1-10(14)8-19(2)13-6-12(17-9-18-13)16-7-11-4-3-5-15-11/h3-6,9-10,15H,7-8,14H2,1-2H3,(H,16,17,18). The quantitative estimate of drug-likeness (QED) is 0.727. The van der Waals surface area contributed by atoms with Crippen LogP contribution in [0.2, 0.25) is 0 Å². The van der Waals surface area contributed by atoms with Gasteiger partial charge in [-0.25, -0.2) is 9.97 Å². The zero-order chi connectivity index (χ0) is 13.7. The lowest BCUT2D eigenvalue weighted by Crippen LogP contribution is -2.33. The van der Waals surface area contributed by atoms with E-state index in [2.05, 4.69) is 20.3 Å². The zero-order valence-corrected chi connectivity index (χ0v) is 11.3. The molecule has 0 amide bonds. The molecule has 0 aliphatic carbocycles. The molecule has 1 unspecified atom stereocenters. The highest BCUT2D eigenvalue weighted by molar-refractivity contribution is 5.48. The van der Waals surface area contributed by atoms with E-state index in [4.69, 9.17) is 5.73 Å². The van der Waals surface area contributed by atoms with Crippen molar-refractivity contribution in [1.82, 2.24) is 15.0 Å². The predicted molar refractivity (Wildman–Crippen MR) is 77.1 cm³/mol. The van der Waals surface area contributed by atoms with Crippen molar-refractivity contribution < 1.29 is 0 Å². The van der Waals surface area contributed by atoms with Crippen LogP contribution in [0.1, 0.15) is 12.6 Å². The van der Waals surface area contributed by atoms with Crippen molar-refractivity contribution >= 4 is 11.6 Å². The average molecular weight is 260 g/mol. The lowest BCUT2D eigenvalue weighted by atomic mass is 10.3. The molecule has 2 aromatic rings. The van der Waals surface area contributed by atoms with E-state index in [1.165, 1.54) is 0 Å². The molecule has 2 aromatic heterocycles. The van der Waals surface area contributed by atoms with Crippen molar-refractivity contribution in [2.75, 3.05) is 23.8 Å². The van der Waals surface area contributed by atoms with Crippen LogP contribution >= 0.6 is 0 Å². The van der Waals surface area contributed by atoms with Gasteiger partial charge in [-0.3, -0.25) is 0 Å². The van der Waals surface area contributed by atoms with E-state index < -0.39 is 0 Å². The molecule has 0 bridgehead atoms. The fraction of sp³-hybridized carbons (Fsp3) is 0.385. The smallest absolute Gasteiger partial charge is 0.133 e. The first-order valence-corrected chi connectivity index (χ1v) is 6.30. The molecule has 2 rings (SSSR count). The Balaban J connectivity index is 1.98. The largest absolute Gasteiger partial charge is 0.364 e. The van der Waals surface area contributed by atoms with Crippen molar-refractivity contribution in [3.05, 3.63) is 36.4 Å². The molecule has 0 aromatic carbocycles. The van der Waals surface area contributed by atoms with Crippen LogP contribution in [-0.2, 0) is 6.54 Å². The van der Waals surface area contributed by atoms with E-state index in [1.807, 2.05) is 43.3 Å². The monoisotopic (exact) mass is 260 g/mol. The minimum absolute atomic E-state index is 0.107. The second kappa shape index (κ2) is 6.19. The van der Waals surface area contributed by atoms with Crippen LogP contribution in [0.4, 0.5) is 11.6 Å². The van der Waals surface area contributed by atoms with Gasteiger partial charge in [0.2, 0.25) is 0 Å². The summed E-state index contributed by atoms with van der Waals surface area (Å²) in [6.45, 7) is 3.44. The summed E-state index contributed by atoms with van der Waals surface area (Å²) in [6.07, 6.45) is 3.46. The van der Waals surface area contributed by atoms with Gasteiger partial charge in [0.15, 0.2) is 0 Å². The van der Waals surface area contributed by atoms with Gasteiger partial charge in [-0.1, -0.05) is 0 Å². The molecule has 0 radical (unpaired) electrons. The number of likely N-dealkylation sites (N-methyl/N-ethyl adjacent to an activating group) is 1. The van der Waals surface area contributed by atoms with Crippen LogP contribution in [0, 0.1) is 0 Å². The highest BCUT2D eigenvalue weighted by atomic mass is 15.2. The maximum absolute atomic E-state index is 5.79. The van der Waals surface area contributed by atoms with Crippen molar-refractivity contribution in [1.29, 1.82) is 0 Å². The first-order chi connectivity index (χ1) is 9.15. The van der Waals surface area contributed by atoms with Crippen molar-refractivity contribution in [3.63, 3.8) is 0 Å². The molecule has 19 heavy (non-hydrogen) atoms. The summed E-state index contributed by atoms with van der Waals surface area (Å²) in [6, 6.07) is 6.02. The molecule has 0 aliphatic rings. The number of hydrogen-bond donors (Lipinski definition) is 3. The number of rotatable bonds is 6. The third-order valence-electron chi connectivity index (χ3n) is 2.73. The molecule has 4 N–H and O–H groups in total. The Morgan fingerprint density at radius 2 is 2.32 bits per heavy atom. The predicted octanol–water partition coefficient (Wildman–Crippen LogP) is 1.20. The summed E-state index contributed by atoms with van der Waals surface area (Å²) in [5.41, 5.74) is 6.90. The third kappa shape index (κ3) is 3.96. The minimum atomic E-state index is 0.107. The van der Waals surface area contributed by atoms with Gasteiger partial charge < -0.3 is 20.9 Å². The fourth-order valence-corrected chi connectivity index (χ4v) is 1.84. The summed E-state index contributed by atoms with van der Waals surface area (Å²) in [5, 5.41) is 3.26. The van der Waals surface area contributed by atoms with E-state index in [0.717, 1.165) is 23.9 Å². The number of H-pyrrole nitrogens is 1. The van der Waals surface area contributed by atoms with Crippen LogP contribution in [0.3, 0.4) is 0 Å². The van der Waals surface area contributed by atoms with E-state index >= 15 is 0 Å². The van der Waals surface area contributed by atoms with Crippen molar-refractivity contribution in [3.8, 4) is 0 Å². The van der Waals surface area contributed by atoms with E-state index in [-0.39, 0.29) is 6.04 Å². The first-order valence-electron chi connectivity index (χ1n) is 6.30. The van der Waals surface area contributed by atoms with Crippen molar-refractivity contribution in [2.45, 2.75) is 19.5 Å². The Bertz CT molecular complexity index is 494. The molecule has 2 heterocycles.